The van der Waals surface area contributed by atoms with Gasteiger partial charge in [-0.15, -0.1) is 0 Å². The number of hydrogen-bond acceptors (Lipinski definition) is 3. The molecule has 0 aliphatic heterocycles. The van der Waals surface area contributed by atoms with Gasteiger partial charge in [-0.3, -0.25) is 9.40 Å². The maximum Gasteiger partial charge on any atom is 0.416 e. The van der Waals surface area contributed by atoms with Crippen LogP contribution in [0.15, 0.2) is 41.4 Å². The molecule has 1 N–H and O–H groups in total. The Morgan fingerprint density at radius 1 is 1.15 bits per heavy atom. The number of aromatic nitrogens is 2. The van der Waals surface area contributed by atoms with Gasteiger partial charge in [0.2, 0.25) is 0 Å². The molecule has 9 heteroatoms. The zero-order valence-corrected chi connectivity index (χ0v) is 11.0. The molecule has 0 saturated heterocycles. The van der Waals surface area contributed by atoms with Crippen LogP contribution in [0.1, 0.15) is 5.56 Å². The monoisotopic (exact) mass is 305 g/mol. The second-order valence-corrected chi connectivity index (χ2v) is 5.65. The summed E-state index contributed by atoms with van der Waals surface area (Å²) in [5.41, 5.74) is -0.906. The van der Waals surface area contributed by atoms with Gasteiger partial charge in [-0.25, -0.2) is 8.42 Å². The van der Waals surface area contributed by atoms with Crippen molar-refractivity contribution < 1.29 is 21.6 Å². The van der Waals surface area contributed by atoms with Crippen LogP contribution in [-0.2, 0) is 23.2 Å². The summed E-state index contributed by atoms with van der Waals surface area (Å²) in [5, 5.41) is 3.78. The molecular formula is C11H10F3N3O2S. The van der Waals surface area contributed by atoms with E-state index < -0.39 is 21.8 Å². The summed E-state index contributed by atoms with van der Waals surface area (Å²) < 4.78 is 64.7. The van der Waals surface area contributed by atoms with Crippen molar-refractivity contribution in [2.75, 3.05) is 4.72 Å². The van der Waals surface area contributed by atoms with Gasteiger partial charge in [-0.05, 0) is 24.3 Å². The van der Waals surface area contributed by atoms with E-state index in [0.717, 1.165) is 24.3 Å². The number of anilines is 1. The summed E-state index contributed by atoms with van der Waals surface area (Å²) in [7, 11) is -2.41. The Labute approximate surface area is 113 Å². The van der Waals surface area contributed by atoms with Gasteiger partial charge in [-0.2, -0.15) is 18.3 Å². The number of alkyl halides is 3. The van der Waals surface area contributed by atoms with Crippen molar-refractivity contribution in [1.82, 2.24) is 9.78 Å². The number of halogens is 3. The summed E-state index contributed by atoms with van der Waals surface area (Å²) in [5.74, 6) is 0.213. The molecular weight excluding hydrogens is 295 g/mol. The molecule has 0 spiro atoms. The van der Waals surface area contributed by atoms with Crippen LogP contribution in [0.3, 0.4) is 0 Å². The molecule has 0 bridgehead atoms. The molecule has 2 rings (SSSR count). The molecule has 0 atom stereocenters. The van der Waals surface area contributed by atoms with Gasteiger partial charge >= 0.3 is 6.18 Å². The van der Waals surface area contributed by atoms with Gasteiger partial charge in [0.05, 0.1) is 16.7 Å². The average Bonchev–Trinajstić information content (AvgIpc) is 2.73. The molecule has 0 saturated carbocycles. The number of aryl methyl sites for hydroxylation is 1. The number of rotatable bonds is 3. The standard InChI is InChI=1S/C11H10F3N3O2S/c1-17-10(6-7-15-17)16-20(18,19)9-4-2-8(3-5-9)11(12,13)14/h2-7,16H,1H3. The first-order valence-corrected chi connectivity index (χ1v) is 6.86. The van der Waals surface area contributed by atoms with E-state index in [1.54, 1.807) is 0 Å². The predicted octanol–water partition coefficient (Wildman–Crippen LogP) is 2.24. The highest BCUT2D eigenvalue weighted by Gasteiger charge is 2.30. The van der Waals surface area contributed by atoms with Crippen LogP contribution in [0.25, 0.3) is 0 Å². The second-order valence-electron chi connectivity index (χ2n) is 3.97. The smallest absolute Gasteiger partial charge is 0.264 e. The lowest BCUT2D eigenvalue weighted by molar-refractivity contribution is -0.137. The summed E-state index contributed by atoms with van der Waals surface area (Å²) in [6.45, 7) is 0. The van der Waals surface area contributed by atoms with Gasteiger partial charge in [0.25, 0.3) is 10.0 Å². The molecule has 0 unspecified atom stereocenters. The quantitative estimate of drug-likeness (QED) is 0.946. The normalized spacial score (nSPS) is 12.4. The molecule has 2 aromatic rings. The van der Waals surface area contributed by atoms with Gasteiger partial charge in [0.1, 0.15) is 5.82 Å². The minimum absolute atomic E-state index is 0.213. The molecule has 0 aliphatic rings. The topological polar surface area (TPSA) is 64.0 Å². The third-order valence-electron chi connectivity index (χ3n) is 2.55. The lowest BCUT2D eigenvalue weighted by Crippen LogP contribution is -2.15. The number of hydrogen-bond donors (Lipinski definition) is 1. The zero-order chi connectivity index (χ0) is 15.0. The number of sulfonamides is 1. The third-order valence-corrected chi connectivity index (χ3v) is 3.92. The van der Waals surface area contributed by atoms with E-state index in [2.05, 4.69) is 9.82 Å². The van der Waals surface area contributed by atoms with Crippen LogP contribution in [0.2, 0.25) is 0 Å². The maximum absolute atomic E-state index is 12.4. The van der Waals surface area contributed by atoms with Crippen LogP contribution in [-0.4, -0.2) is 18.2 Å². The van der Waals surface area contributed by atoms with Crippen molar-refractivity contribution in [3.05, 3.63) is 42.1 Å². The summed E-state index contributed by atoms with van der Waals surface area (Å²) in [6, 6.07) is 4.68. The number of benzene rings is 1. The van der Waals surface area contributed by atoms with Crippen molar-refractivity contribution >= 4 is 15.8 Å². The van der Waals surface area contributed by atoms with Crippen molar-refractivity contribution in [3.8, 4) is 0 Å². The van der Waals surface area contributed by atoms with E-state index in [1.807, 2.05) is 0 Å². The first kappa shape index (κ1) is 14.4. The molecule has 0 aliphatic carbocycles. The highest BCUT2D eigenvalue weighted by atomic mass is 32.2. The van der Waals surface area contributed by atoms with Crippen molar-refractivity contribution in [1.29, 1.82) is 0 Å². The predicted molar refractivity (Wildman–Crippen MR) is 65.5 cm³/mol. The van der Waals surface area contributed by atoms with Crippen LogP contribution < -0.4 is 4.72 Å². The Morgan fingerprint density at radius 3 is 2.20 bits per heavy atom. The molecule has 108 valence electrons. The van der Waals surface area contributed by atoms with Gasteiger partial charge < -0.3 is 0 Å². The molecule has 0 amide bonds. The van der Waals surface area contributed by atoms with E-state index in [0.29, 0.717) is 0 Å². The SMILES string of the molecule is Cn1nccc1NS(=O)(=O)c1ccc(C(F)(F)F)cc1. The van der Waals surface area contributed by atoms with Gasteiger partial charge in [0.15, 0.2) is 0 Å². The Balaban J connectivity index is 2.29. The highest BCUT2D eigenvalue weighted by molar-refractivity contribution is 7.92. The Kier molecular flexibility index (Phi) is 3.46. The molecule has 1 heterocycles. The minimum atomic E-state index is -4.50. The number of nitrogens with zero attached hydrogens (tertiary/aromatic N) is 2. The molecule has 0 fully saturated rings. The van der Waals surface area contributed by atoms with E-state index in [4.69, 9.17) is 0 Å². The average molecular weight is 305 g/mol. The molecule has 1 aromatic heterocycles. The molecule has 5 nitrogen and oxygen atoms in total. The number of nitrogens with one attached hydrogen (secondary N) is 1. The van der Waals surface area contributed by atoms with E-state index in [9.17, 15) is 21.6 Å². The van der Waals surface area contributed by atoms with Gasteiger partial charge in [-0.1, -0.05) is 0 Å². The maximum atomic E-state index is 12.4. The van der Waals surface area contributed by atoms with Crippen molar-refractivity contribution in [2.24, 2.45) is 7.05 Å². The zero-order valence-electron chi connectivity index (χ0n) is 10.2. The Bertz CT molecular complexity index is 705. The van der Waals surface area contributed by atoms with E-state index >= 15 is 0 Å². The molecule has 0 radical (unpaired) electrons. The van der Waals surface area contributed by atoms with Gasteiger partial charge in [0, 0.05) is 13.1 Å². The first-order chi connectivity index (χ1) is 9.20. The fraction of sp³-hybridized carbons (Fsp3) is 0.182. The summed E-state index contributed by atoms with van der Waals surface area (Å²) >= 11 is 0. The van der Waals surface area contributed by atoms with Crippen molar-refractivity contribution in [3.63, 3.8) is 0 Å². The molecule has 1 aromatic carbocycles. The summed E-state index contributed by atoms with van der Waals surface area (Å²) in [4.78, 5) is -0.258. The second kappa shape index (κ2) is 4.82. The Hall–Kier alpha value is -2.03. The third kappa shape index (κ3) is 2.93. The minimum Gasteiger partial charge on any atom is -0.264 e. The fourth-order valence-electron chi connectivity index (χ4n) is 1.49. The van der Waals surface area contributed by atoms with Crippen molar-refractivity contribution in [2.45, 2.75) is 11.1 Å². The van der Waals surface area contributed by atoms with E-state index in [1.165, 1.54) is 24.0 Å². The fourth-order valence-corrected chi connectivity index (χ4v) is 2.58. The molecule has 20 heavy (non-hydrogen) atoms. The van der Waals surface area contributed by atoms with Crippen LogP contribution >= 0.6 is 0 Å². The first-order valence-electron chi connectivity index (χ1n) is 5.38. The van der Waals surface area contributed by atoms with Crippen LogP contribution in [0.4, 0.5) is 19.0 Å². The summed E-state index contributed by atoms with van der Waals surface area (Å²) in [6.07, 6.45) is -3.11. The largest absolute Gasteiger partial charge is 0.416 e. The highest BCUT2D eigenvalue weighted by Crippen LogP contribution is 2.29. The lowest BCUT2D eigenvalue weighted by Gasteiger charge is -2.10. The lowest BCUT2D eigenvalue weighted by atomic mass is 10.2. The van der Waals surface area contributed by atoms with Crippen LogP contribution in [0.5, 0.6) is 0 Å². The Morgan fingerprint density at radius 2 is 1.75 bits per heavy atom. The van der Waals surface area contributed by atoms with E-state index in [-0.39, 0.29) is 10.7 Å². The van der Waals surface area contributed by atoms with Crippen LogP contribution in [0, 0.1) is 0 Å².